The van der Waals surface area contributed by atoms with Crippen LogP contribution in [-0.4, -0.2) is 24.7 Å². The fraction of sp³-hybridized carbons (Fsp3) is 0.933. The van der Waals surface area contributed by atoms with Gasteiger partial charge in [-0.2, -0.15) is 0 Å². The molecule has 2 unspecified atom stereocenters. The van der Waals surface area contributed by atoms with E-state index in [0.29, 0.717) is 18.4 Å². The van der Waals surface area contributed by atoms with Gasteiger partial charge in [0.2, 0.25) is 0 Å². The van der Waals surface area contributed by atoms with E-state index in [1.807, 2.05) is 6.92 Å². The SMILES string of the molecule is CCOC(=O)C1(NCC(C)C)CCCCC1CC. The van der Waals surface area contributed by atoms with Crippen LogP contribution in [0.15, 0.2) is 0 Å². The van der Waals surface area contributed by atoms with Crippen LogP contribution < -0.4 is 5.32 Å². The summed E-state index contributed by atoms with van der Waals surface area (Å²) in [6.45, 7) is 9.78. The summed E-state index contributed by atoms with van der Waals surface area (Å²) in [7, 11) is 0. The summed E-state index contributed by atoms with van der Waals surface area (Å²) in [5, 5.41) is 3.55. The molecule has 0 bridgehead atoms. The minimum absolute atomic E-state index is 0.0304. The van der Waals surface area contributed by atoms with Crippen LogP contribution in [0.5, 0.6) is 0 Å². The maximum Gasteiger partial charge on any atom is 0.326 e. The summed E-state index contributed by atoms with van der Waals surface area (Å²) in [6, 6.07) is 0. The van der Waals surface area contributed by atoms with Crippen molar-refractivity contribution >= 4 is 5.97 Å². The van der Waals surface area contributed by atoms with Gasteiger partial charge >= 0.3 is 5.97 Å². The largest absolute Gasteiger partial charge is 0.465 e. The van der Waals surface area contributed by atoms with E-state index in [1.165, 1.54) is 6.42 Å². The normalized spacial score (nSPS) is 28.4. The molecule has 0 aromatic rings. The predicted molar refractivity (Wildman–Crippen MR) is 74.5 cm³/mol. The maximum atomic E-state index is 12.4. The Labute approximate surface area is 112 Å². The highest BCUT2D eigenvalue weighted by Crippen LogP contribution is 2.37. The van der Waals surface area contributed by atoms with E-state index < -0.39 is 5.54 Å². The average molecular weight is 255 g/mol. The van der Waals surface area contributed by atoms with Crippen molar-refractivity contribution in [2.24, 2.45) is 11.8 Å². The smallest absolute Gasteiger partial charge is 0.326 e. The Morgan fingerprint density at radius 1 is 1.39 bits per heavy atom. The van der Waals surface area contributed by atoms with E-state index in [2.05, 4.69) is 26.1 Å². The Hall–Kier alpha value is -0.570. The van der Waals surface area contributed by atoms with Crippen molar-refractivity contribution < 1.29 is 9.53 Å². The third kappa shape index (κ3) is 3.47. The van der Waals surface area contributed by atoms with Crippen molar-refractivity contribution in [3.05, 3.63) is 0 Å². The second kappa shape index (κ2) is 7.13. The molecule has 1 rings (SSSR count). The quantitative estimate of drug-likeness (QED) is 0.741. The summed E-state index contributed by atoms with van der Waals surface area (Å²) in [4.78, 5) is 12.4. The average Bonchev–Trinajstić information content (AvgIpc) is 2.36. The van der Waals surface area contributed by atoms with Gasteiger partial charge in [0.05, 0.1) is 6.61 Å². The van der Waals surface area contributed by atoms with Crippen LogP contribution in [0.3, 0.4) is 0 Å². The van der Waals surface area contributed by atoms with Crippen LogP contribution in [0.25, 0.3) is 0 Å². The Kier molecular flexibility index (Phi) is 6.13. The molecule has 3 nitrogen and oxygen atoms in total. The van der Waals surface area contributed by atoms with E-state index in [9.17, 15) is 4.79 Å². The summed E-state index contributed by atoms with van der Waals surface area (Å²) < 4.78 is 5.35. The Morgan fingerprint density at radius 3 is 2.67 bits per heavy atom. The van der Waals surface area contributed by atoms with Crippen LogP contribution in [0.4, 0.5) is 0 Å². The number of nitrogens with one attached hydrogen (secondary N) is 1. The number of hydrogen-bond donors (Lipinski definition) is 1. The van der Waals surface area contributed by atoms with Gasteiger partial charge < -0.3 is 10.1 Å². The van der Waals surface area contributed by atoms with E-state index in [4.69, 9.17) is 4.74 Å². The number of carbonyl (C=O) groups is 1. The van der Waals surface area contributed by atoms with E-state index >= 15 is 0 Å². The minimum Gasteiger partial charge on any atom is -0.465 e. The summed E-state index contributed by atoms with van der Waals surface area (Å²) >= 11 is 0. The molecule has 1 aliphatic carbocycles. The van der Waals surface area contributed by atoms with Crippen molar-refractivity contribution in [1.82, 2.24) is 5.32 Å². The Bertz CT molecular complexity index is 265. The molecule has 1 fully saturated rings. The lowest BCUT2D eigenvalue weighted by Crippen LogP contribution is -2.60. The van der Waals surface area contributed by atoms with Gasteiger partial charge in [-0.05, 0) is 38.1 Å². The number of hydrogen-bond acceptors (Lipinski definition) is 3. The molecular weight excluding hydrogens is 226 g/mol. The van der Waals surface area contributed by atoms with Crippen molar-refractivity contribution in [3.8, 4) is 0 Å². The van der Waals surface area contributed by atoms with Crippen molar-refractivity contribution in [2.45, 2.75) is 65.3 Å². The molecule has 18 heavy (non-hydrogen) atoms. The van der Waals surface area contributed by atoms with Crippen LogP contribution >= 0.6 is 0 Å². The maximum absolute atomic E-state index is 12.4. The zero-order valence-corrected chi connectivity index (χ0v) is 12.4. The second-order valence-corrected chi connectivity index (χ2v) is 5.82. The number of carbonyl (C=O) groups excluding carboxylic acids is 1. The first-order valence-corrected chi connectivity index (χ1v) is 7.49. The lowest BCUT2D eigenvalue weighted by Gasteiger charge is -2.43. The first-order chi connectivity index (χ1) is 8.56. The summed E-state index contributed by atoms with van der Waals surface area (Å²) in [5.41, 5.74) is -0.423. The van der Waals surface area contributed by atoms with Crippen molar-refractivity contribution in [3.63, 3.8) is 0 Å². The molecule has 0 saturated heterocycles. The molecule has 0 radical (unpaired) electrons. The molecule has 2 atom stereocenters. The van der Waals surface area contributed by atoms with Gasteiger partial charge in [-0.15, -0.1) is 0 Å². The second-order valence-electron chi connectivity index (χ2n) is 5.82. The van der Waals surface area contributed by atoms with E-state index in [-0.39, 0.29) is 5.97 Å². The lowest BCUT2D eigenvalue weighted by molar-refractivity contribution is -0.156. The van der Waals surface area contributed by atoms with Crippen LogP contribution in [0.2, 0.25) is 0 Å². The zero-order chi connectivity index (χ0) is 13.6. The Morgan fingerprint density at radius 2 is 2.11 bits per heavy atom. The molecule has 0 amide bonds. The molecule has 0 aliphatic heterocycles. The molecular formula is C15H29NO2. The monoisotopic (exact) mass is 255 g/mol. The lowest BCUT2D eigenvalue weighted by atomic mass is 9.71. The molecule has 1 aliphatic rings. The molecule has 0 spiro atoms. The molecule has 106 valence electrons. The van der Waals surface area contributed by atoms with E-state index in [1.54, 1.807) is 0 Å². The highest BCUT2D eigenvalue weighted by molar-refractivity contribution is 5.81. The highest BCUT2D eigenvalue weighted by atomic mass is 16.5. The third-order valence-corrected chi connectivity index (χ3v) is 4.03. The van der Waals surface area contributed by atoms with Crippen LogP contribution in [0, 0.1) is 11.8 Å². The standard InChI is InChI=1S/C15H29NO2/c1-5-13-9-7-8-10-15(13,14(17)18-6-2)16-11-12(3)4/h12-13,16H,5-11H2,1-4H3. The fourth-order valence-corrected chi connectivity index (χ4v) is 3.02. The van der Waals surface area contributed by atoms with Crippen molar-refractivity contribution in [2.75, 3.05) is 13.2 Å². The third-order valence-electron chi connectivity index (χ3n) is 4.03. The zero-order valence-electron chi connectivity index (χ0n) is 12.4. The number of ether oxygens (including phenoxy) is 1. The van der Waals surface area contributed by atoms with Gasteiger partial charge in [-0.25, -0.2) is 0 Å². The summed E-state index contributed by atoms with van der Waals surface area (Å²) in [6.07, 6.45) is 5.48. The van der Waals surface area contributed by atoms with Gasteiger partial charge in [-0.3, -0.25) is 4.79 Å². The van der Waals surface area contributed by atoms with Crippen molar-refractivity contribution in [1.29, 1.82) is 0 Å². The summed E-state index contributed by atoms with van der Waals surface area (Å²) in [5.74, 6) is 0.942. The van der Waals surface area contributed by atoms with Gasteiger partial charge in [0.1, 0.15) is 5.54 Å². The fourth-order valence-electron chi connectivity index (χ4n) is 3.02. The Balaban J connectivity index is 2.86. The topological polar surface area (TPSA) is 38.3 Å². The van der Waals surface area contributed by atoms with Gasteiger partial charge in [0.15, 0.2) is 0 Å². The number of rotatable bonds is 6. The number of esters is 1. The van der Waals surface area contributed by atoms with E-state index in [0.717, 1.165) is 32.2 Å². The molecule has 1 saturated carbocycles. The molecule has 3 heteroatoms. The first kappa shape index (κ1) is 15.5. The van der Waals surface area contributed by atoms with Gasteiger partial charge in [0.25, 0.3) is 0 Å². The van der Waals surface area contributed by atoms with Gasteiger partial charge in [0, 0.05) is 0 Å². The molecule has 1 N–H and O–H groups in total. The van der Waals surface area contributed by atoms with Crippen LogP contribution in [0.1, 0.15) is 59.8 Å². The molecule has 0 aromatic heterocycles. The molecule has 0 aromatic carbocycles. The highest BCUT2D eigenvalue weighted by Gasteiger charge is 2.46. The molecule has 0 heterocycles. The first-order valence-electron chi connectivity index (χ1n) is 7.49. The van der Waals surface area contributed by atoms with Crippen LogP contribution in [-0.2, 0) is 9.53 Å². The van der Waals surface area contributed by atoms with Gasteiger partial charge in [-0.1, -0.05) is 40.0 Å². The predicted octanol–water partition coefficient (Wildman–Crippen LogP) is 3.13. The minimum atomic E-state index is -0.423.